The molecule has 2 unspecified atom stereocenters. The Morgan fingerprint density at radius 3 is 2.51 bits per heavy atom. The Balaban J connectivity index is 1.07. The van der Waals surface area contributed by atoms with Crippen LogP contribution in [0.4, 0.5) is 8.78 Å². The second kappa shape index (κ2) is 19.7. The van der Waals surface area contributed by atoms with Crippen molar-refractivity contribution in [2.45, 2.75) is 88.5 Å². The number of carbonyl (C=O) groups is 4. The number of likely N-dealkylation sites (tertiary alicyclic amines) is 1. The lowest BCUT2D eigenvalue weighted by molar-refractivity contribution is -0.146. The molecule has 0 radical (unpaired) electrons. The number of carbonyl (C=O) groups excluding carboxylic acids is 4. The van der Waals surface area contributed by atoms with Gasteiger partial charge in [-0.3, -0.25) is 23.7 Å². The molecule has 1 aromatic heterocycles. The molecule has 63 heavy (non-hydrogen) atoms. The van der Waals surface area contributed by atoms with Crippen LogP contribution < -0.4 is 9.84 Å². The molecule has 0 spiro atoms. The third kappa shape index (κ3) is 10.2. The molecule has 3 saturated heterocycles. The highest BCUT2D eigenvalue weighted by Crippen LogP contribution is 2.66. The minimum Gasteiger partial charge on any atom is -0.420 e. The molecule has 0 bridgehead atoms. The zero-order chi connectivity index (χ0) is 44.9. The molecule has 12 nitrogen and oxygen atoms in total. The zero-order valence-corrected chi connectivity index (χ0v) is 37.4. The number of rotatable bonds is 14. The van der Waals surface area contributed by atoms with Crippen molar-refractivity contribution in [1.82, 2.24) is 15.1 Å². The smallest absolute Gasteiger partial charge is 0.420 e. The van der Waals surface area contributed by atoms with Crippen molar-refractivity contribution < 1.29 is 41.6 Å². The van der Waals surface area contributed by atoms with Crippen LogP contribution in [0.15, 0.2) is 78.9 Å². The van der Waals surface area contributed by atoms with E-state index in [1.807, 2.05) is 50.2 Å². The van der Waals surface area contributed by atoms with E-state index in [0.29, 0.717) is 36.9 Å². The van der Waals surface area contributed by atoms with Crippen LogP contribution in [0.3, 0.4) is 0 Å². The van der Waals surface area contributed by atoms with E-state index >= 15 is 8.78 Å². The molecule has 3 amide bonds. The number of benzene rings is 3. The summed E-state index contributed by atoms with van der Waals surface area (Å²) in [6.45, 7) is 3.90. The van der Waals surface area contributed by atoms with Gasteiger partial charge in [0.1, 0.15) is 17.8 Å². The number of halogens is 2. The molecule has 0 aliphatic carbocycles. The fourth-order valence-electron chi connectivity index (χ4n) is 8.63. The van der Waals surface area contributed by atoms with Gasteiger partial charge in [0.25, 0.3) is 5.91 Å². The molecule has 3 aromatic carbocycles. The Morgan fingerprint density at radius 2 is 1.76 bits per heavy atom. The second-order valence-electron chi connectivity index (χ2n) is 16.6. The van der Waals surface area contributed by atoms with Gasteiger partial charge in [-0.25, -0.2) is 4.57 Å². The third-order valence-electron chi connectivity index (χ3n) is 11.8. The van der Waals surface area contributed by atoms with Crippen LogP contribution in [0, 0.1) is 34.5 Å². The van der Waals surface area contributed by atoms with E-state index in [4.69, 9.17) is 9.05 Å². The molecule has 0 saturated carbocycles. The molecule has 4 heterocycles. The molecule has 7 rings (SSSR count). The Hall–Kier alpha value is -5.12. The van der Waals surface area contributed by atoms with E-state index in [-0.39, 0.29) is 81.0 Å². The van der Waals surface area contributed by atoms with E-state index in [0.717, 1.165) is 53.6 Å². The highest BCUT2D eigenvalue weighted by Gasteiger charge is 2.57. The number of hydrogen-bond acceptors (Lipinski definition) is 11. The van der Waals surface area contributed by atoms with Crippen molar-refractivity contribution in [2.75, 3.05) is 25.4 Å². The van der Waals surface area contributed by atoms with Crippen LogP contribution in [0.2, 0.25) is 0 Å². The van der Waals surface area contributed by atoms with Gasteiger partial charge in [0.15, 0.2) is 5.12 Å². The first-order chi connectivity index (χ1) is 30.2. The molecule has 3 aliphatic heterocycles. The van der Waals surface area contributed by atoms with Crippen molar-refractivity contribution in [3.05, 3.63) is 100 Å². The summed E-state index contributed by atoms with van der Waals surface area (Å²) in [5, 5.41) is 22.3. The molecule has 3 fully saturated rings. The fourth-order valence-corrected chi connectivity index (χ4v) is 12.1. The highest BCUT2D eigenvalue weighted by atomic mass is 32.2. The van der Waals surface area contributed by atoms with Crippen LogP contribution in [0.25, 0.3) is 10.1 Å². The first-order valence-corrected chi connectivity index (χ1v) is 24.4. The lowest BCUT2D eigenvalue weighted by Gasteiger charge is -2.36. The average molecular weight is 916 g/mol. The van der Waals surface area contributed by atoms with Crippen molar-refractivity contribution in [2.24, 2.45) is 11.8 Å². The summed E-state index contributed by atoms with van der Waals surface area (Å²) in [6.07, 6.45) is 3.97. The first kappa shape index (κ1) is 45.9. The molecule has 330 valence electrons. The lowest BCUT2D eigenvalue weighted by Crippen LogP contribution is -2.56. The summed E-state index contributed by atoms with van der Waals surface area (Å²) in [6, 6.07) is 22.4. The van der Waals surface area contributed by atoms with Gasteiger partial charge >= 0.3 is 13.3 Å². The van der Waals surface area contributed by atoms with Gasteiger partial charge in [0.05, 0.1) is 35.1 Å². The Morgan fingerprint density at radius 1 is 0.984 bits per heavy atom. The fraction of sp³-hybridized carbons (Fsp3) is 0.435. The van der Waals surface area contributed by atoms with Gasteiger partial charge in [0, 0.05) is 47.5 Å². The molecular weight excluding hydrogens is 868 g/mol. The standard InChI is InChI=1S/C46H48F2N5O7PS2/c1-29(2)21-42(54)62-20-19-59-61(58,60-36-13-8-9-30(22-36)25-49)46(47,48)34-15-18-40-32(23-34)24-41(63-40)43(55)51-38-14-7-6-12-35-16-17-39(53(35)44(38)56)45(57)52-27-33(26-50)37(28-52)31-10-4-3-5-11-31/h3-5,8-11,13,15,18,22-24,29,33,35,37-39H,6-7,12,14,16-17,19-21,27-28H2,1-2H3,(H,51,55)/t33-,35-,37+,38?,39-,61?/m0/s1. The number of hydrogen-bond donors (Lipinski definition) is 1. The number of thioether (sulfide) groups is 1. The summed E-state index contributed by atoms with van der Waals surface area (Å²) in [5.74, 6) is -1.87. The van der Waals surface area contributed by atoms with Crippen LogP contribution in [0.1, 0.15) is 91.1 Å². The Kier molecular flexibility index (Phi) is 14.4. The maximum Gasteiger partial charge on any atom is 0.453 e. The van der Waals surface area contributed by atoms with Gasteiger partial charge < -0.3 is 19.6 Å². The monoisotopic (exact) mass is 915 g/mol. The number of amides is 3. The highest BCUT2D eigenvalue weighted by molar-refractivity contribution is 8.13. The number of alkyl halides is 2. The van der Waals surface area contributed by atoms with Crippen molar-refractivity contribution in [1.29, 1.82) is 10.5 Å². The maximum absolute atomic E-state index is 16.6. The van der Waals surface area contributed by atoms with Gasteiger partial charge in [-0.2, -0.15) is 19.3 Å². The topological polar surface area (TPSA) is 170 Å². The van der Waals surface area contributed by atoms with Crippen LogP contribution in [-0.4, -0.2) is 76.2 Å². The third-order valence-corrected chi connectivity index (χ3v) is 15.6. The number of thiophene rings is 1. The number of fused-ring (bicyclic) bond motifs is 2. The Bertz CT molecular complexity index is 2490. The van der Waals surface area contributed by atoms with E-state index in [9.17, 15) is 34.3 Å². The SMILES string of the molecule is CC(C)CC(=O)SCCOP(=O)(Oc1cccc(C#N)c1)C(F)(F)c1ccc2sc(C(=O)NC3CCCC[C@H]4CC[C@@H](C(=O)N5C[C@H](c6ccccc6)[C@@H](C#N)C5)N4C3=O)cc2c1. The summed E-state index contributed by atoms with van der Waals surface area (Å²) < 4.78 is 58.6. The van der Waals surface area contributed by atoms with Crippen molar-refractivity contribution in [3.8, 4) is 17.9 Å². The average Bonchev–Trinajstić information content (AvgIpc) is 4.02. The number of nitrogens with one attached hydrogen (secondary N) is 1. The quantitative estimate of drug-likeness (QED) is 0.0951. The van der Waals surface area contributed by atoms with Crippen molar-refractivity contribution >= 4 is 63.6 Å². The molecule has 6 atom stereocenters. The molecular formula is C46H48F2N5O7PS2. The predicted molar refractivity (Wildman–Crippen MR) is 236 cm³/mol. The molecule has 3 aliphatic rings. The number of nitrogens with zero attached hydrogens (tertiary/aromatic N) is 4. The molecule has 4 aromatic rings. The van der Waals surface area contributed by atoms with E-state index in [1.165, 1.54) is 36.4 Å². The predicted octanol–water partition coefficient (Wildman–Crippen LogP) is 9.21. The number of nitriles is 2. The summed E-state index contributed by atoms with van der Waals surface area (Å²) in [5.41, 5.74) is -3.85. The van der Waals surface area contributed by atoms with Gasteiger partial charge in [-0.15, -0.1) is 11.3 Å². The summed E-state index contributed by atoms with van der Waals surface area (Å²) >= 11 is 1.92. The minimum atomic E-state index is -5.39. The van der Waals surface area contributed by atoms with Gasteiger partial charge in [-0.05, 0) is 78.9 Å². The second-order valence-corrected chi connectivity index (χ2v) is 20.8. The van der Waals surface area contributed by atoms with E-state index in [1.54, 1.807) is 9.80 Å². The van der Waals surface area contributed by atoms with Crippen LogP contribution >= 0.6 is 30.7 Å². The molecule has 1 N–H and O–H groups in total. The van der Waals surface area contributed by atoms with Gasteiger partial charge in [0.2, 0.25) is 11.8 Å². The Labute approximate surface area is 373 Å². The lowest BCUT2D eigenvalue weighted by atomic mass is 9.90. The van der Waals surface area contributed by atoms with Crippen LogP contribution in [0.5, 0.6) is 5.75 Å². The van der Waals surface area contributed by atoms with E-state index in [2.05, 4.69) is 11.4 Å². The maximum atomic E-state index is 16.6. The molecule has 17 heteroatoms. The summed E-state index contributed by atoms with van der Waals surface area (Å²) in [4.78, 5) is 58.2. The first-order valence-electron chi connectivity index (χ1n) is 21.1. The zero-order valence-electron chi connectivity index (χ0n) is 34.9. The normalized spacial score (nSPS) is 22.4. The van der Waals surface area contributed by atoms with E-state index < -0.39 is 43.4 Å². The minimum absolute atomic E-state index is 0.0511. The summed E-state index contributed by atoms with van der Waals surface area (Å²) in [7, 11) is -5.39. The van der Waals surface area contributed by atoms with Crippen molar-refractivity contribution in [3.63, 3.8) is 0 Å². The largest absolute Gasteiger partial charge is 0.453 e. The van der Waals surface area contributed by atoms with Gasteiger partial charge in [-0.1, -0.05) is 80.9 Å². The van der Waals surface area contributed by atoms with Crippen LogP contribution in [-0.2, 0) is 29.1 Å².